The number of ether oxygens (including phenoxy) is 3. The van der Waals surface area contributed by atoms with Gasteiger partial charge in [0.1, 0.15) is 13.2 Å². The summed E-state index contributed by atoms with van der Waals surface area (Å²) < 4.78 is 16.8. The largest absolute Gasteiger partial charge is 0.462 e. The second-order valence-corrected chi connectivity index (χ2v) is 20.9. The van der Waals surface area contributed by atoms with Crippen LogP contribution in [0.2, 0.25) is 0 Å². The van der Waals surface area contributed by atoms with Crippen molar-refractivity contribution in [1.82, 2.24) is 0 Å². The number of unbranched alkanes of at least 4 members (excludes halogenated alkanes) is 26. The van der Waals surface area contributed by atoms with Gasteiger partial charge in [-0.25, -0.2) is 0 Å². The first-order valence-corrected chi connectivity index (χ1v) is 32.0. The Hall–Kier alpha value is -4.19. The number of carbonyl (C=O) groups is 3. The van der Waals surface area contributed by atoms with Gasteiger partial charge in [0.2, 0.25) is 0 Å². The van der Waals surface area contributed by atoms with E-state index in [1.165, 1.54) is 109 Å². The normalized spacial score (nSPS) is 12.9. The van der Waals surface area contributed by atoms with Gasteiger partial charge in [-0.1, -0.05) is 271 Å². The van der Waals surface area contributed by atoms with Crippen LogP contribution in [0.25, 0.3) is 0 Å². The Morgan fingerprint density at radius 3 is 0.818 bits per heavy atom. The van der Waals surface area contributed by atoms with E-state index >= 15 is 0 Å². The molecule has 0 rings (SSSR count). The van der Waals surface area contributed by atoms with Gasteiger partial charge in [-0.2, -0.15) is 0 Å². The van der Waals surface area contributed by atoms with Crippen LogP contribution in [0.1, 0.15) is 290 Å². The van der Waals surface area contributed by atoms with Gasteiger partial charge in [-0.3, -0.25) is 14.4 Å². The molecule has 1 atom stereocenters. The second-order valence-electron chi connectivity index (χ2n) is 20.9. The zero-order valence-corrected chi connectivity index (χ0v) is 50.2. The van der Waals surface area contributed by atoms with Crippen molar-refractivity contribution in [3.63, 3.8) is 0 Å². The van der Waals surface area contributed by atoms with Crippen LogP contribution in [0, 0.1) is 0 Å². The van der Waals surface area contributed by atoms with E-state index in [4.69, 9.17) is 14.2 Å². The Labute approximate surface area is 475 Å². The molecule has 1 unspecified atom stereocenters. The molecule has 0 bridgehead atoms. The summed E-state index contributed by atoms with van der Waals surface area (Å²) in [5.74, 6) is -0.952. The third kappa shape index (κ3) is 62.5. The average Bonchev–Trinajstić information content (AvgIpc) is 3.43. The van der Waals surface area contributed by atoms with E-state index in [2.05, 4.69) is 142 Å². The fourth-order valence-electron chi connectivity index (χ4n) is 8.70. The molecule has 0 heterocycles. The Kier molecular flexibility index (Phi) is 60.8. The van der Waals surface area contributed by atoms with Gasteiger partial charge >= 0.3 is 17.9 Å². The van der Waals surface area contributed by atoms with E-state index in [0.717, 1.165) is 135 Å². The first-order valence-electron chi connectivity index (χ1n) is 32.0. The van der Waals surface area contributed by atoms with E-state index in [9.17, 15) is 14.4 Å². The summed E-state index contributed by atoms with van der Waals surface area (Å²) in [4.78, 5) is 38.2. The molecule has 0 N–H and O–H groups in total. The monoisotopic (exact) mass is 1070 g/mol. The van der Waals surface area contributed by atoms with Gasteiger partial charge in [-0.15, -0.1) is 0 Å². The SMILES string of the molecule is CC/C=C\C/C=C\C/C=C\C/C=C\CCCCCCCCCCCCCCCCCCCCC(=O)OCC(COC(=O)CCCCCCC/C=C\C/C=C\CCC)OC(=O)CCCC/C=C\C/C=C\C/C=C\C/C=C\CC. The Balaban J connectivity index is 4.22. The molecule has 0 aromatic carbocycles. The van der Waals surface area contributed by atoms with Crippen molar-refractivity contribution in [3.05, 3.63) is 122 Å². The molecule has 0 amide bonds. The Bertz CT molecular complexity index is 1600. The Morgan fingerprint density at radius 1 is 0.273 bits per heavy atom. The summed E-state index contributed by atoms with van der Waals surface area (Å²) in [5, 5.41) is 0. The number of hydrogen-bond donors (Lipinski definition) is 0. The van der Waals surface area contributed by atoms with Crippen molar-refractivity contribution in [2.24, 2.45) is 0 Å². The second kappa shape index (κ2) is 64.3. The van der Waals surface area contributed by atoms with Crippen LogP contribution < -0.4 is 0 Å². The van der Waals surface area contributed by atoms with Crippen molar-refractivity contribution in [2.45, 2.75) is 297 Å². The summed E-state index contributed by atoms with van der Waals surface area (Å²) in [6, 6.07) is 0. The maximum absolute atomic E-state index is 12.9. The van der Waals surface area contributed by atoms with Gasteiger partial charge in [0.15, 0.2) is 6.10 Å². The van der Waals surface area contributed by atoms with Crippen LogP contribution in [0.5, 0.6) is 0 Å². The third-order valence-electron chi connectivity index (χ3n) is 13.4. The number of rotatable bonds is 57. The molecule has 0 saturated heterocycles. The van der Waals surface area contributed by atoms with Gasteiger partial charge < -0.3 is 14.2 Å². The predicted molar refractivity (Wildman–Crippen MR) is 334 cm³/mol. The summed E-state index contributed by atoms with van der Waals surface area (Å²) in [5.41, 5.74) is 0. The van der Waals surface area contributed by atoms with Crippen LogP contribution in [0.15, 0.2) is 122 Å². The fraction of sp³-hybridized carbons (Fsp3) is 0.676. The molecule has 6 nitrogen and oxygen atoms in total. The zero-order chi connectivity index (χ0) is 55.7. The van der Waals surface area contributed by atoms with E-state index in [0.29, 0.717) is 19.3 Å². The molecule has 6 heteroatoms. The van der Waals surface area contributed by atoms with Gasteiger partial charge in [0.05, 0.1) is 0 Å². The third-order valence-corrected chi connectivity index (χ3v) is 13.4. The topological polar surface area (TPSA) is 78.9 Å². The first kappa shape index (κ1) is 72.8. The highest BCUT2D eigenvalue weighted by molar-refractivity contribution is 5.71. The number of allylic oxidation sites excluding steroid dienone is 20. The fourth-order valence-corrected chi connectivity index (χ4v) is 8.70. The summed E-state index contributed by atoms with van der Waals surface area (Å²) >= 11 is 0. The summed E-state index contributed by atoms with van der Waals surface area (Å²) in [6.07, 6.45) is 89.4. The van der Waals surface area contributed by atoms with E-state index in [1.807, 2.05) is 0 Å². The number of esters is 3. The van der Waals surface area contributed by atoms with Crippen molar-refractivity contribution < 1.29 is 28.6 Å². The van der Waals surface area contributed by atoms with Crippen LogP contribution in [-0.4, -0.2) is 37.2 Å². The lowest BCUT2D eigenvalue weighted by Crippen LogP contribution is -2.30. The smallest absolute Gasteiger partial charge is 0.306 e. The summed E-state index contributed by atoms with van der Waals surface area (Å²) in [7, 11) is 0. The van der Waals surface area contributed by atoms with Crippen LogP contribution in [-0.2, 0) is 28.6 Å². The van der Waals surface area contributed by atoms with E-state index in [-0.39, 0.29) is 37.5 Å². The van der Waals surface area contributed by atoms with Crippen LogP contribution >= 0.6 is 0 Å². The minimum atomic E-state index is -0.807. The van der Waals surface area contributed by atoms with Gasteiger partial charge in [-0.05, 0) is 122 Å². The molecule has 0 aliphatic rings. The quantitative estimate of drug-likeness (QED) is 0.0261. The molecular formula is C71H118O6. The molecule has 0 radical (unpaired) electrons. The molecule has 0 spiro atoms. The Morgan fingerprint density at radius 2 is 0.506 bits per heavy atom. The molecule has 0 aliphatic carbocycles. The van der Waals surface area contributed by atoms with Crippen molar-refractivity contribution in [2.75, 3.05) is 13.2 Å². The molecule has 438 valence electrons. The number of carbonyl (C=O) groups excluding carboxylic acids is 3. The van der Waals surface area contributed by atoms with E-state index in [1.54, 1.807) is 0 Å². The first-order chi connectivity index (χ1) is 38.0. The predicted octanol–water partition coefficient (Wildman–Crippen LogP) is 22.0. The minimum Gasteiger partial charge on any atom is -0.462 e. The molecule has 0 aromatic heterocycles. The van der Waals surface area contributed by atoms with Crippen molar-refractivity contribution in [3.8, 4) is 0 Å². The lowest BCUT2D eigenvalue weighted by atomic mass is 10.0. The molecule has 0 saturated carbocycles. The van der Waals surface area contributed by atoms with Gasteiger partial charge in [0, 0.05) is 19.3 Å². The number of hydrogen-bond acceptors (Lipinski definition) is 6. The van der Waals surface area contributed by atoms with Crippen molar-refractivity contribution in [1.29, 1.82) is 0 Å². The van der Waals surface area contributed by atoms with Crippen molar-refractivity contribution >= 4 is 17.9 Å². The minimum absolute atomic E-state index is 0.0993. The maximum Gasteiger partial charge on any atom is 0.306 e. The molecule has 77 heavy (non-hydrogen) atoms. The maximum atomic E-state index is 12.9. The standard InChI is InChI=1S/C71H118O6/c1-4-7-10-13-16-19-22-25-27-28-29-30-31-32-33-34-35-36-37-38-39-40-41-42-44-46-49-52-55-58-61-64-70(73)76-67-68(66-75-69(72)63-60-57-54-51-48-45-24-21-18-15-12-9-6-3)77-71(74)65-62-59-56-53-50-47-43-26-23-20-17-14-11-8-5-2/h7-8,10-12,15-17,19-21,24-27,29-30,43,50,53,68H,4-6,9,13-14,18,22-23,28,31-42,44-49,51-52,54-67H2,1-3H3/b10-7-,11-8-,15-12-,19-16-,20-17-,24-21-,27-25-,30-29-,43-26-,53-50-. The van der Waals surface area contributed by atoms with Crippen LogP contribution in [0.4, 0.5) is 0 Å². The van der Waals surface area contributed by atoms with Gasteiger partial charge in [0.25, 0.3) is 0 Å². The highest BCUT2D eigenvalue weighted by Crippen LogP contribution is 2.16. The molecule has 0 fully saturated rings. The molecule has 0 aromatic rings. The molecular weight excluding hydrogens is 949 g/mol. The lowest BCUT2D eigenvalue weighted by Gasteiger charge is -2.18. The van der Waals surface area contributed by atoms with E-state index < -0.39 is 6.10 Å². The average molecular weight is 1070 g/mol. The van der Waals surface area contributed by atoms with Crippen LogP contribution in [0.3, 0.4) is 0 Å². The summed E-state index contributed by atoms with van der Waals surface area (Å²) in [6.45, 7) is 6.31. The molecule has 0 aliphatic heterocycles. The lowest BCUT2D eigenvalue weighted by molar-refractivity contribution is -0.167. The highest BCUT2D eigenvalue weighted by atomic mass is 16.6. The zero-order valence-electron chi connectivity index (χ0n) is 50.2. The highest BCUT2D eigenvalue weighted by Gasteiger charge is 2.19.